The van der Waals surface area contributed by atoms with E-state index in [-0.39, 0.29) is 5.91 Å². The van der Waals surface area contributed by atoms with E-state index in [1.165, 1.54) is 0 Å². The summed E-state index contributed by atoms with van der Waals surface area (Å²) in [6.07, 6.45) is 4.65. The van der Waals surface area contributed by atoms with Crippen molar-refractivity contribution in [3.05, 3.63) is 47.4 Å². The minimum absolute atomic E-state index is 0.154. The highest BCUT2D eigenvalue weighted by atomic mass is 16.1. The highest BCUT2D eigenvalue weighted by molar-refractivity contribution is 5.92. The van der Waals surface area contributed by atoms with Gasteiger partial charge in [-0.3, -0.25) is 4.79 Å². The summed E-state index contributed by atoms with van der Waals surface area (Å²) in [5, 5.41) is 7.30. The third-order valence-electron chi connectivity index (χ3n) is 4.09. The highest BCUT2D eigenvalue weighted by Gasteiger charge is 2.12. The lowest BCUT2D eigenvalue weighted by Crippen LogP contribution is -2.26. The third kappa shape index (κ3) is 3.70. The first-order chi connectivity index (χ1) is 12.0. The van der Waals surface area contributed by atoms with Crippen LogP contribution < -0.4 is 5.32 Å². The molecule has 3 aromatic heterocycles. The number of aromatic nitrogens is 5. The van der Waals surface area contributed by atoms with Crippen molar-refractivity contribution in [3.63, 3.8) is 0 Å². The summed E-state index contributed by atoms with van der Waals surface area (Å²) in [6.45, 7) is 9.52. The maximum absolute atomic E-state index is 12.4. The maximum Gasteiger partial charge on any atom is 0.270 e. The molecule has 0 aromatic carbocycles. The van der Waals surface area contributed by atoms with Crippen molar-refractivity contribution >= 4 is 11.6 Å². The van der Waals surface area contributed by atoms with Crippen molar-refractivity contribution in [2.24, 2.45) is 0 Å². The second-order valence-corrected chi connectivity index (χ2v) is 6.58. The monoisotopic (exact) mass is 340 g/mol. The van der Waals surface area contributed by atoms with E-state index < -0.39 is 0 Å². The number of carbonyl (C=O) groups excluding carboxylic acids is 1. The van der Waals surface area contributed by atoms with Crippen LogP contribution in [-0.2, 0) is 6.54 Å². The second-order valence-electron chi connectivity index (χ2n) is 6.58. The molecule has 3 rings (SSSR count). The number of amides is 1. The summed E-state index contributed by atoms with van der Waals surface area (Å²) in [7, 11) is 0. The average Bonchev–Trinajstić information content (AvgIpc) is 3.17. The van der Waals surface area contributed by atoms with E-state index in [1.807, 2.05) is 32.3 Å². The molecule has 0 aliphatic carbocycles. The molecule has 0 aliphatic heterocycles. The van der Waals surface area contributed by atoms with Gasteiger partial charge in [0.15, 0.2) is 5.65 Å². The predicted octanol–water partition coefficient (Wildman–Crippen LogP) is 2.49. The molecule has 3 aromatic rings. The van der Waals surface area contributed by atoms with Gasteiger partial charge in [-0.15, -0.1) is 0 Å². The summed E-state index contributed by atoms with van der Waals surface area (Å²) in [4.78, 5) is 21.1. The van der Waals surface area contributed by atoms with Gasteiger partial charge in [0.2, 0.25) is 0 Å². The highest BCUT2D eigenvalue weighted by Crippen LogP contribution is 2.12. The molecular formula is C18H24N6O. The van der Waals surface area contributed by atoms with Crippen molar-refractivity contribution in [1.29, 1.82) is 0 Å². The molecule has 0 aliphatic rings. The lowest BCUT2D eigenvalue weighted by molar-refractivity contribution is 0.0947. The predicted molar refractivity (Wildman–Crippen MR) is 95.7 cm³/mol. The largest absolute Gasteiger partial charge is 0.351 e. The van der Waals surface area contributed by atoms with Crippen LogP contribution in [0.2, 0.25) is 0 Å². The quantitative estimate of drug-likeness (QED) is 0.699. The lowest BCUT2D eigenvalue weighted by Gasteiger charge is -2.11. The van der Waals surface area contributed by atoms with Crippen LogP contribution in [-0.4, -0.2) is 36.6 Å². The van der Waals surface area contributed by atoms with Crippen molar-refractivity contribution in [2.45, 2.75) is 46.6 Å². The first kappa shape index (κ1) is 17.1. The van der Waals surface area contributed by atoms with Crippen molar-refractivity contribution in [3.8, 4) is 0 Å². The molecule has 3 heterocycles. The van der Waals surface area contributed by atoms with Crippen LogP contribution in [0.15, 0.2) is 24.5 Å². The van der Waals surface area contributed by atoms with Crippen LogP contribution in [0.25, 0.3) is 5.65 Å². The molecule has 25 heavy (non-hydrogen) atoms. The Kier molecular flexibility index (Phi) is 4.83. The van der Waals surface area contributed by atoms with Gasteiger partial charge in [-0.2, -0.15) is 5.10 Å². The van der Waals surface area contributed by atoms with Gasteiger partial charge < -0.3 is 9.88 Å². The second kappa shape index (κ2) is 7.04. The Morgan fingerprint density at radius 2 is 2.08 bits per heavy atom. The van der Waals surface area contributed by atoms with E-state index in [0.717, 1.165) is 30.2 Å². The molecule has 0 bridgehead atoms. The maximum atomic E-state index is 12.4. The SMILES string of the molecule is Cc1cc2nc(C(=O)NCCCn3ccnc3C(C)C)cc(C)n2n1. The van der Waals surface area contributed by atoms with Gasteiger partial charge in [0.1, 0.15) is 11.5 Å². The van der Waals surface area contributed by atoms with E-state index in [0.29, 0.717) is 23.8 Å². The zero-order valence-corrected chi connectivity index (χ0v) is 15.2. The number of imidazole rings is 1. The molecular weight excluding hydrogens is 316 g/mol. The van der Waals surface area contributed by atoms with E-state index in [4.69, 9.17) is 0 Å². The number of fused-ring (bicyclic) bond motifs is 1. The Bertz CT molecular complexity index is 892. The fraction of sp³-hybridized carbons (Fsp3) is 0.444. The summed E-state index contributed by atoms with van der Waals surface area (Å²) in [5.41, 5.74) is 2.90. The van der Waals surface area contributed by atoms with Gasteiger partial charge >= 0.3 is 0 Å². The normalized spacial score (nSPS) is 11.4. The van der Waals surface area contributed by atoms with Crippen molar-refractivity contribution in [1.82, 2.24) is 29.5 Å². The fourth-order valence-corrected chi connectivity index (χ4v) is 2.91. The minimum Gasteiger partial charge on any atom is -0.351 e. The van der Waals surface area contributed by atoms with Crippen LogP contribution in [0.3, 0.4) is 0 Å². The first-order valence-electron chi connectivity index (χ1n) is 8.59. The molecule has 7 heteroatoms. The van der Waals surface area contributed by atoms with Crippen LogP contribution in [0.1, 0.15) is 53.9 Å². The molecule has 0 atom stereocenters. The zero-order chi connectivity index (χ0) is 18.0. The Balaban J connectivity index is 1.58. The van der Waals surface area contributed by atoms with Crippen molar-refractivity contribution in [2.75, 3.05) is 6.54 Å². The van der Waals surface area contributed by atoms with Gasteiger partial charge in [-0.1, -0.05) is 13.8 Å². The van der Waals surface area contributed by atoms with E-state index >= 15 is 0 Å². The summed E-state index contributed by atoms with van der Waals surface area (Å²) in [6, 6.07) is 3.64. The molecule has 0 unspecified atom stereocenters. The van der Waals surface area contributed by atoms with E-state index in [1.54, 1.807) is 10.6 Å². The number of carbonyl (C=O) groups is 1. The molecule has 132 valence electrons. The molecule has 0 saturated carbocycles. The molecule has 0 fully saturated rings. The molecule has 0 radical (unpaired) electrons. The van der Waals surface area contributed by atoms with Gasteiger partial charge in [-0.25, -0.2) is 14.5 Å². The first-order valence-corrected chi connectivity index (χ1v) is 8.59. The third-order valence-corrected chi connectivity index (χ3v) is 4.09. The molecule has 0 saturated heterocycles. The zero-order valence-electron chi connectivity index (χ0n) is 15.2. The Hall–Kier alpha value is -2.70. The summed E-state index contributed by atoms with van der Waals surface area (Å²) < 4.78 is 3.89. The number of rotatable bonds is 6. The number of hydrogen-bond donors (Lipinski definition) is 1. The van der Waals surface area contributed by atoms with Crippen LogP contribution in [0.4, 0.5) is 0 Å². The summed E-state index contributed by atoms with van der Waals surface area (Å²) in [5.74, 6) is 1.31. The minimum atomic E-state index is -0.154. The van der Waals surface area contributed by atoms with Crippen LogP contribution in [0.5, 0.6) is 0 Å². The molecule has 1 N–H and O–H groups in total. The van der Waals surface area contributed by atoms with Crippen molar-refractivity contribution < 1.29 is 4.79 Å². The Labute approximate surface area is 147 Å². The Morgan fingerprint density at radius 1 is 1.28 bits per heavy atom. The van der Waals surface area contributed by atoms with E-state index in [2.05, 4.69) is 38.8 Å². The number of hydrogen-bond acceptors (Lipinski definition) is 4. The smallest absolute Gasteiger partial charge is 0.270 e. The van der Waals surface area contributed by atoms with Crippen LogP contribution in [0, 0.1) is 13.8 Å². The average molecular weight is 340 g/mol. The summed E-state index contributed by atoms with van der Waals surface area (Å²) >= 11 is 0. The lowest BCUT2D eigenvalue weighted by atomic mass is 10.2. The van der Waals surface area contributed by atoms with Gasteiger partial charge in [0.25, 0.3) is 5.91 Å². The molecule has 7 nitrogen and oxygen atoms in total. The number of aryl methyl sites for hydroxylation is 3. The van der Waals surface area contributed by atoms with Gasteiger partial charge in [0, 0.05) is 43.2 Å². The molecule has 0 spiro atoms. The Morgan fingerprint density at radius 3 is 2.84 bits per heavy atom. The molecule has 1 amide bonds. The fourth-order valence-electron chi connectivity index (χ4n) is 2.91. The standard InChI is InChI=1S/C18H24N6O/c1-12(2)17-19-7-9-23(17)8-5-6-20-18(25)15-11-14(4)24-16(21-15)10-13(3)22-24/h7,9-12H,5-6,8H2,1-4H3,(H,20,25). The topological polar surface area (TPSA) is 77.1 Å². The van der Waals surface area contributed by atoms with Gasteiger partial charge in [0.05, 0.1) is 5.69 Å². The van der Waals surface area contributed by atoms with E-state index in [9.17, 15) is 4.79 Å². The van der Waals surface area contributed by atoms with Crippen LogP contribution >= 0.6 is 0 Å². The number of nitrogens with zero attached hydrogens (tertiary/aromatic N) is 5. The van der Waals surface area contributed by atoms with Gasteiger partial charge in [-0.05, 0) is 26.3 Å². The number of nitrogens with one attached hydrogen (secondary N) is 1.